The average Bonchev–Trinajstić information content (AvgIpc) is 2.52. The van der Waals surface area contributed by atoms with Crippen molar-refractivity contribution < 1.29 is 27.5 Å². The largest absolute Gasteiger partial charge is 0.457 e. The van der Waals surface area contributed by atoms with Crippen molar-refractivity contribution in [2.24, 2.45) is 0 Å². The first kappa shape index (κ1) is 16.8. The molecule has 0 aliphatic heterocycles. The normalized spacial score (nSPS) is 11.1. The minimum atomic E-state index is -4.45. The molecule has 0 unspecified atom stereocenters. The van der Waals surface area contributed by atoms with Crippen LogP contribution in [0.3, 0.4) is 0 Å². The predicted molar refractivity (Wildman–Crippen MR) is 77.1 cm³/mol. The Hall–Kier alpha value is -2.54. The molecule has 2 rings (SSSR count). The Bertz CT molecular complexity index is 686. The first-order valence-electron chi connectivity index (χ1n) is 6.77. The van der Waals surface area contributed by atoms with Crippen molar-refractivity contribution in [2.75, 3.05) is 6.61 Å². The summed E-state index contributed by atoms with van der Waals surface area (Å²) in [5.41, 5.74) is 1.69. The monoisotopic (exact) mass is 325 g/mol. The summed E-state index contributed by atoms with van der Waals surface area (Å²) in [6.07, 6.45) is -4.45. The molecule has 7 heteroatoms. The number of nitrogens with one attached hydrogen (secondary N) is 1. The summed E-state index contributed by atoms with van der Waals surface area (Å²) in [6, 6.07) is 10.6. The number of benzene rings is 2. The van der Waals surface area contributed by atoms with Crippen LogP contribution >= 0.6 is 0 Å². The Balaban J connectivity index is 2.16. The topological polar surface area (TPSA) is 47.6 Å². The second kappa shape index (κ2) is 7.15. The van der Waals surface area contributed by atoms with Crippen LogP contribution in [0.4, 0.5) is 13.2 Å². The zero-order chi connectivity index (χ0) is 16.9. The van der Waals surface area contributed by atoms with E-state index in [1.807, 2.05) is 0 Å². The molecule has 0 saturated carbocycles. The summed E-state index contributed by atoms with van der Waals surface area (Å²) in [6.45, 7) is 2.03. The number of carbonyl (C=O) groups excluding carboxylic acids is 1. The second-order valence-corrected chi connectivity index (χ2v) is 4.52. The highest BCUT2D eigenvalue weighted by atomic mass is 19.4. The highest BCUT2D eigenvalue weighted by Crippen LogP contribution is 2.32. The lowest BCUT2D eigenvalue weighted by Gasteiger charge is -2.11. The van der Waals surface area contributed by atoms with Crippen molar-refractivity contribution in [3.05, 3.63) is 59.7 Å². The summed E-state index contributed by atoms with van der Waals surface area (Å²) in [5, 5.41) is 0. The number of halogens is 3. The summed E-state index contributed by atoms with van der Waals surface area (Å²) < 4.78 is 43.4. The smallest absolute Gasteiger partial charge is 0.416 e. The number of carbonyl (C=O) groups is 1. The Kier molecular flexibility index (Phi) is 5.23. The van der Waals surface area contributed by atoms with Gasteiger partial charge in [-0.2, -0.15) is 13.2 Å². The minimum Gasteiger partial charge on any atom is -0.457 e. The van der Waals surface area contributed by atoms with Gasteiger partial charge in [0, 0.05) is 5.56 Å². The van der Waals surface area contributed by atoms with Crippen LogP contribution in [0, 0.1) is 0 Å². The van der Waals surface area contributed by atoms with Gasteiger partial charge in [0.05, 0.1) is 12.2 Å². The van der Waals surface area contributed by atoms with Crippen molar-refractivity contribution in [3.63, 3.8) is 0 Å². The van der Waals surface area contributed by atoms with E-state index >= 15 is 0 Å². The maximum absolute atomic E-state index is 12.7. The van der Waals surface area contributed by atoms with Crippen LogP contribution in [0.25, 0.3) is 0 Å². The van der Waals surface area contributed by atoms with Crippen LogP contribution < -0.4 is 10.2 Å². The van der Waals surface area contributed by atoms with E-state index < -0.39 is 17.6 Å². The third kappa shape index (κ3) is 4.72. The van der Waals surface area contributed by atoms with Gasteiger partial charge in [0.25, 0.3) is 5.91 Å². The zero-order valence-electron chi connectivity index (χ0n) is 12.2. The number of hydrogen-bond donors (Lipinski definition) is 1. The molecule has 0 radical (unpaired) electrons. The Morgan fingerprint density at radius 1 is 1.09 bits per heavy atom. The molecule has 122 valence electrons. The first-order chi connectivity index (χ1) is 10.9. The maximum atomic E-state index is 12.7. The average molecular weight is 325 g/mol. The molecule has 0 bridgehead atoms. The van der Waals surface area contributed by atoms with E-state index in [0.29, 0.717) is 6.61 Å². The van der Waals surface area contributed by atoms with Crippen LogP contribution in [0.15, 0.2) is 48.5 Å². The molecule has 0 spiro atoms. The zero-order valence-corrected chi connectivity index (χ0v) is 12.2. The van der Waals surface area contributed by atoms with Gasteiger partial charge in [0.15, 0.2) is 0 Å². The number of hydrogen-bond acceptors (Lipinski definition) is 3. The number of amides is 1. The van der Waals surface area contributed by atoms with Gasteiger partial charge in [0.2, 0.25) is 0 Å². The Morgan fingerprint density at radius 2 is 1.74 bits per heavy atom. The van der Waals surface area contributed by atoms with Crippen LogP contribution in [0.2, 0.25) is 0 Å². The van der Waals surface area contributed by atoms with Crippen molar-refractivity contribution in [2.45, 2.75) is 13.1 Å². The maximum Gasteiger partial charge on any atom is 0.416 e. The van der Waals surface area contributed by atoms with Gasteiger partial charge in [-0.3, -0.25) is 9.63 Å². The van der Waals surface area contributed by atoms with E-state index in [-0.39, 0.29) is 17.1 Å². The molecule has 0 aliphatic carbocycles. The van der Waals surface area contributed by atoms with Gasteiger partial charge in [-0.25, -0.2) is 5.48 Å². The van der Waals surface area contributed by atoms with E-state index in [1.165, 1.54) is 30.3 Å². The van der Waals surface area contributed by atoms with Gasteiger partial charge in [-0.1, -0.05) is 12.1 Å². The van der Waals surface area contributed by atoms with Gasteiger partial charge in [0.1, 0.15) is 11.5 Å². The number of ether oxygens (including phenoxy) is 1. The van der Waals surface area contributed by atoms with E-state index in [4.69, 9.17) is 9.57 Å². The standard InChI is InChI=1S/C16H14F3NO3/c1-2-22-20-15(21)11-5-3-7-13(9-11)23-14-8-4-6-12(10-14)16(17,18)19/h3-10H,2H2,1H3,(H,20,21). The molecule has 4 nitrogen and oxygen atoms in total. The van der Waals surface area contributed by atoms with Crippen LogP contribution in [-0.4, -0.2) is 12.5 Å². The third-order valence-electron chi connectivity index (χ3n) is 2.80. The molecular formula is C16H14F3NO3. The molecular weight excluding hydrogens is 311 g/mol. The van der Waals surface area contributed by atoms with Gasteiger partial charge in [-0.05, 0) is 43.3 Å². The van der Waals surface area contributed by atoms with E-state index in [1.54, 1.807) is 13.0 Å². The molecule has 0 aromatic heterocycles. The van der Waals surface area contributed by atoms with E-state index in [2.05, 4.69) is 5.48 Å². The molecule has 0 saturated heterocycles. The fraction of sp³-hybridized carbons (Fsp3) is 0.188. The summed E-state index contributed by atoms with van der Waals surface area (Å²) in [5.74, 6) is -0.197. The van der Waals surface area contributed by atoms with Crippen LogP contribution in [-0.2, 0) is 11.0 Å². The summed E-state index contributed by atoms with van der Waals surface area (Å²) in [4.78, 5) is 16.5. The molecule has 2 aromatic rings. The van der Waals surface area contributed by atoms with E-state index in [9.17, 15) is 18.0 Å². The van der Waals surface area contributed by atoms with Crippen LogP contribution in [0.1, 0.15) is 22.8 Å². The number of hydroxylamine groups is 1. The lowest BCUT2D eigenvalue weighted by atomic mass is 10.2. The number of rotatable bonds is 5. The predicted octanol–water partition coefficient (Wildman–Crippen LogP) is 4.18. The van der Waals surface area contributed by atoms with Crippen molar-refractivity contribution in [1.29, 1.82) is 0 Å². The summed E-state index contributed by atoms with van der Waals surface area (Å²) in [7, 11) is 0. The van der Waals surface area contributed by atoms with Crippen LogP contribution in [0.5, 0.6) is 11.5 Å². The molecule has 0 atom stereocenters. The number of alkyl halides is 3. The highest BCUT2D eigenvalue weighted by Gasteiger charge is 2.30. The lowest BCUT2D eigenvalue weighted by Crippen LogP contribution is -2.23. The highest BCUT2D eigenvalue weighted by molar-refractivity contribution is 5.93. The molecule has 2 aromatic carbocycles. The molecule has 0 fully saturated rings. The lowest BCUT2D eigenvalue weighted by molar-refractivity contribution is -0.137. The fourth-order valence-corrected chi connectivity index (χ4v) is 1.77. The third-order valence-corrected chi connectivity index (χ3v) is 2.80. The molecule has 1 N–H and O–H groups in total. The quantitative estimate of drug-likeness (QED) is 0.839. The van der Waals surface area contributed by atoms with Gasteiger partial charge < -0.3 is 4.74 Å². The SMILES string of the molecule is CCONC(=O)c1cccc(Oc2cccc(C(F)(F)F)c2)c1. The minimum absolute atomic E-state index is 0.0298. The Labute approximate surface area is 130 Å². The second-order valence-electron chi connectivity index (χ2n) is 4.52. The molecule has 0 heterocycles. The molecule has 1 amide bonds. The Morgan fingerprint density at radius 3 is 2.39 bits per heavy atom. The van der Waals surface area contributed by atoms with Crippen molar-refractivity contribution in [1.82, 2.24) is 5.48 Å². The van der Waals surface area contributed by atoms with E-state index in [0.717, 1.165) is 12.1 Å². The van der Waals surface area contributed by atoms with Gasteiger partial charge in [-0.15, -0.1) is 0 Å². The first-order valence-corrected chi connectivity index (χ1v) is 6.77. The van der Waals surface area contributed by atoms with Crippen molar-refractivity contribution >= 4 is 5.91 Å². The molecule has 0 aliphatic rings. The van der Waals surface area contributed by atoms with Crippen molar-refractivity contribution in [3.8, 4) is 11.5 Å². The van der Waals surface area contributed by atoms with Gasteiger partial charge >= 0.3 is 6.18 Å². The molecule has 23 heavy (non-hydrogen) atoms. The summed E-state index contributed by atoms with van der Waals surface area (Å²) >= 11 is 0. The fourth-order valence-electron chi connectivity index (χ4n) is 1.77.